The van der Waals surface area contributed by atoms with E-state index in [-0.39, 0.29) is 23.2 Å². The Morgan fingerprint density at radius 1 is 1.30 bits per heavy atom. The van der Waals surface area contributed by atoms with Crippen molar-refractivity contribution in [2.75, 3.05) is 20.3 Å². The summed E-state index contributed by atoms with van der Waals surface area (Å²) >= 11 is 0. The maximum absolute atomic E-state index is 14.3. The van der Waals surface area contributed by atoms with Crippen molar-refractivity contribution in [2.45, 2.75) is 45.8 Å². The van der Waals surface area contributed by atoms with Gasteiger partial charge >= 0.3 is 0 Å². The van der Waals surface area contributed by atoms with E-state index in [1.54, 1.807) is 12.1 Å². The van der Waals surface area contributed by atoms with E-state index in [1.165, 1.54) is 7.11 Å². The molecule has 0 bridgehead atoms. The number of likely N-dealkylation sites (N-methyl/N-ethyl adjacent to an activating group) is 1. The highest BCUT2D eigenvalue weighted by Gasteiger charge is 2.30. The summed E-state index contributed by atoms with van der Waals surface area (Å²) in [4.78, 5) is 0. The Morgan fingerprint density at radius 3 is 2.55 bits per heavy atom. The van der Waals surface area contributed by atoms with Gasteiger partial charge in [-0.3, -0.25) is 0 Å². The van der Waals surface area contributed by atoms with Crippen LogP contribution >= 0.6 is 0 Å². The molecule has 0 amide bonds. The number of halogens is 1. The zero-order chi connectivity index (χ0) is 15.2. The van der Waals surface area contributed by atoms with Gasteiger partial charge in [0.15, 0.2) is 11.6 Å². The van der Waals surface area contributed by atoms with E-state index in [9.17, 15) is 4.39 Å². The minimum atomic E-state index is -0.361. The molecule has 1 unspecified atom stereocenters. The third kappa shape index (κ3) is 4.18. The fraction of sp³-hybridized carbons (Fsp3) is 0.625. The summed E-state index contributed by atoms with van der Waals surface area (Å²) in [6.07, 6.45) is 0.559. The van der Waals surface area contributed by atoms with Crippen LogP contribution in [-0.2, 0) is 11.2 Å². The van der Waals surface area contributed by atoms with Gasteiger partial charge in [-0.05, 0) is 45.4 Å². The molecule has 114 valence electrons. The molecule has 1 aromatic carbocycles. The average molecular weight is 283 g/mol. The monoisotopic (exact) mass is 283 g/mol. The normalized spacial score (nSPS) is 13.3. The first-order valence-corrected chi connectivity index (χ1v) is 7.15. The second-order valence-corrected chi connectivity index (χ2v) is 5.28. The summed E-state index contributed by atoms with van der Waals surface area (Å²) in [5, 5.41) is 3.39. The van der Waals surface area contributed by atoms with Crippen molar-refractivity contribution >= 4 is 0 Å². The molecule has 4 heteroatoms. The Kier molecular flexibility index (Phi) is 6.43. The van der Waals surface area contributed by atoms with Crippen LogP contribution in [0.2, 0.25) is 0 Å². The van der Waals surface area contributed by atoms with Crippen LogP contribution in [0.5, 0.6) is 5.75 Å². The summed E-state index contributed by atoms with van der Waals surface area (Å²) < 4.78 is 25.1. The van der Waals surface area contributed by atoms with Gasteiger partial charge in [0, 0.05) is 12.6 Å². The highest BCUT2D eigenvalue weighted by molar-refractivity contribution is 5.31. The van der Waals surface area contributed by atoms with Crippen LogP contribution in [0.4, 0.5) is 4.39 Å². The minimum Gasteiger partial charge on any atom is -0.494 e. The quantitative estimate of drug-likeness (QED) is 0.795. The SMILES string of the molecule is CCNC(Cc1cccc(OC)c1F)C(C)(C)OCC. The van der Waals surface area contributed by atoms with Crippen LogP contribution in [0, 0.1) is 5.82 Å². The van der Waals surface area contributed by atoms with Crippen LogP contribution in [0.3, 0.4) is 0 Å². The fourth-order valence-corrected chi connectivity index (χ4v) is 2.37. The van der Waals surface area contributed by atoms with Gasteiger partial charge in [-0.2, -0.15) is 0 Å². The van der Waals surface area contributed by atoms with E-state index in [1.807, 2.05) is 33.8 Å². The van der Waals surface area contributed by atoms with Crippen molar-refractivity contribution in [3.8, 4) is 5.75 Å². The maximum atomic E-state index is 14.3. The third-order valence-electron chi connectivity index (χ3n) is 3.49. The summed E-state index contributed by atoms with van der Waals surface area (Å²) in [5.41, 5.74) is 0.281. The maximum Gasteiger partial charge on any atom is 0.168 e. The Balaban J connectivity index is 2.96. The van der Waals surface area contributed by atoms with Gasteiger partial charge in [0.2, 0.25) is 0 Å². The minimum absolute atomic E-state index is 0.0362. The molecule has 0 saturated carbocycles. The summed E-state index contributed by atoms with van der Waals surface area (Å²) in [6.45, 7) is 9.51. The molecule has 1 N–H and O–H groups in total. The zero-order valence-corrected chi connectivity index (χ0v) is 13.1. The van der Waals surface area contributed by atoms with Gasteiger partial charge in [-0.15, -0.1) is 0 Å². The van der Waals surface area contributed by atoms with Crippen LogP contribution in [-0.4, -0.2) is 31.9 Å². The summed E-state index contributed by atoms with van der Waals surface area (Å²) in [6, 6.07) is 5.28. The number of nitrogens with one attached hydrogen (secondary N) is 1. The molecule has 0 heterocycles. The first-order valence-electron chi connectivity index (χ1n) is 7.15. The molecule has 3 nitrogen and oxygen atoms in total. The van der Waals surface area contributed by atoms with Crippen LogP contribution in [0.15, 0.2) is 18.2 Å². The van der Waals surface area contributed by atoms with Gasteiger partial charge in [-0.1, -0.05) is 19.1 Å². The number of hydrogen-bond acceptors (Lipinski definition) is 3. The predicted molar refractivity (Wildman–Crippen MR) is 79.8 cm³/mol. The molecule has 0 fully saturated rings. The van der Waals surface area contributed by atoms with Gasteiger partial charge in [0.05, 0.1) is 12.7 Å². The molecule has 0 radical (unpaired) electrons. The molecule has 1 rings (SSSR count). The van der Waals surface area contributed by atoms with Crippen molar-refractivity contribution in [1.29, 1.82) is 0 Å². The van der Waals surface area contributed by atoms with E-state index in [0.717, 1.165) is 6.54 Å². The van der Waals surface area contributed by atoms with Crippen molar-refractivity contribution in [3.63, 3.8) is 0 Å². The van der Waals surface area contributed by atoms with Crippen LogP contribution < -0.4 is 10.1 Å². The molecule has 1 aromatic rings. The molecule has 0 spiro atoms. The van der Waals surface area contributed by atoms with Crippen molar-refractivity contribution in [2.24, 2.45) is 0 Å². The number of benzene rings is 1. The van der Waals surface area contributed by atoms with Crippen molar-refractivity contribution in [1.82, 2.24) is 5.32 Å². The summed E-state index contributed by atoms with van der Waals surface area (Å²) in [5.74, 6) is -0.00262. The van der Waals surface area contributed by atoms with Gasteiger partial charge in [-0.25, -0.2) is 4.39 Å². The lowest BCUT2D eigenvalue weighted by Gasteiger charge is -2.35. The predicted octanol–water partition coefficient (Wildman–Crippen LogP) is 3.17. The highest BCUT2D eigenvalue weighted by Crippen LogP contribution is 2.24. The number of hydrogen-bond donors (Lipinski definition) is 1. The van der Waals surface area contributed by atoms with Gasteiger partial charge < -0.3 is 14.8 Å². The van der Waals surface area contributed by atoms with E-state index in [4.69, 9.17) is 9.47 Å². The Labute approximate surface area is 121 Å². The molecule has 0 aromatic heterocycles. The topological polar surface area (TPSA) is 30.5 Å². The lowest BCUT2D eigenvalue weighted by Crippen LogP contribution is -2.50. The van der Waals surface area contributed by atoms with Crippen molar-refractivity contribution in [3.05, 3.63) is 29.6 Å². The van der Waals surface area contributed by atoms with Crippen molar-refractivity contribution < 1.29 is 13.9 Å². The molecular weight excluding hydrogens is 257 g/mol. The first kappa shape index (κ1) is 16.9. The van der Waals surface area contributed by atoms with Crippen LogP contribution in [0.1, 0.15) is 33.3 Å². The standard InChI is InChI=1S/C16H26FNO2/c1-6-18-14(16(3,4)20-7-2)11-12-9-8-10-13(19-5)15(12)17/h8-10,14,18H,6-7,11H2,1-5H3. The summed E-state index contributed by atoms with van der Waals surface area (Å²) in [7, 11) is 1.48. The van der Waals surface area contributed by atoms with Gasteiger partial charge in [0.25, 0.3) is 0 Å². The molecule has 0 aliphatic carbocycles. The number of methoxy groups -OCH3 is 1. The van der Waals surface area contributed by atoms with E-state index in [0.29, 0.717) is 18.6 Å². The zero-order valence-electron chi connectivity index (χ0n) is 13.1. The lowest BCUT2D eigenvalue weighted by atomic mass is 9.91. The second kappa shape index (κ2) is 7.60. The fourth-order valence-electron chi connectivity index (χ4n) is 2.37. The highest BCUT2D eigenvalue weighted by atomic mass is 19.1. The first-order chi connectivity index (χ1) is 9.46. The molecule has 0 aliphatic rings. The molecule has 1 atom stereocenters. The lowest BCUT2D eigenvalue weighted by molar-refractivity contribution is -0.0378. The average Bonchev–Trinajstić information content (AvgIpc) is 2.40. The Morgan fingerprint density at radius 2 is 2.00 bits per heavy atom. The number of ether oxygens (including phenoxy) is 2. The molecule has 20 heavy (non-hydrogen) atoms. The van der Waals surface area contributed by atoms with Gasteiger partial charge in [0.1, 0.15) is 0 Å². The molecular formula is C16H26FNO2. The Bertz CT molecular complexity index is 421. The molecule has 0 saturated heterocycles. The molecule has 0 aliphatic heterocycles. The van der Waals surface area contributed by atoms with E-state index in [2.05, 4.69) is 5.32 Å². The van der Waals surface area contributed by atoms with E-state index < -0.39 is 0 Å². The van der Waals surface area contributed by atoms with Crippen LogP contribution in [0.25, 0.3) is 0 Å². The smallest absolute Gasteiger partial charge is 0.168 e. The third-order valence-corrected chi connectivity index (χ3v) is 3.49. The largest absolute Gasteiger partial charge is 0.494 e. The second-order valence-electron chi connectivity index (χ2n) is 5.28. The Hall–Kier alpha value is -1.13. The number of rotatable bonds is 8. The van der Waals surface area contributed by atoms with E-state index >= 15 is 0 Å².